The van der Waals surface area contributed by atoms with Crippen molar-refractivity contribution in [2.24, 2.45) is 0 Å². The predicted octanol–water partition coefficient (Wildman–Crippen LogP) is 2.53. The van der Waals surface area contributed by atoms with Gasteiger partial charge in [-0.1, -0.05) is 12.1 Å². The van der Waals surface area contributed by atoms with Crippen LogP contribution in [0.1, 0.15) is 12.6 Å². The van der Waals surface area contributed by atoms with Crippen molar-refractivity contribution in [3.63, 3.8) is 0 Å². The van der Waals surface area contributed by atoms with E-state index in [2.05, 4.69) is 32.7 Å². The zero-order chi connectivity index (χ0) is 13.9. The summed E-state index contributed by atoms with van der Waals surface area (Å²) < 4.78 is 0. The zero-order valence-corrected chi connectivity index (χ0v) is 12.0. The third-order valence-corrected chi connectivity index (χ3v) is 3.94. The van der Waals surface area contributed by atoms with Crippen LogP contribution in [0.3, 0.4) is 0 Å². The monoisotopic (exact) mass is 288 g/mol. The van der Waals surface area contributed by atoms with Gasteiger partial charge in [0.1, 0.15) is 0 Å². The fourth-order valence-corrected chi connectivity index (χ4v) is 3.04. The van der Waals surface area contributed by atoms with Crippen LogP contribution in [0, 0.1) is 0 Å². The average molecular weight is 288 g/mol. The fraction of sp³-hybridized carbons (Fsp3) is 0.286. The number of para-hydroxylation sites is 2. The van der Waals surface area contributed by atoms with Gasteiger partial charge in [-0.2, -0.15) is 0 Å². The Bertz CT molecular complexity index is 625. The number of nitrogens with zero attached hydrogens (tertiary/aromatic N) is 2. The van der Waals surface area contributed by atoms with Gasteiger partial charge in [0.05, 0.1) is 23.6 Å². The predicted molar refractivity (Wildman–Crippen MR) is 82.4 cm³/mol. The standard InChI is InChI=1S/C14H16N4OS/c1-10(19)16-14-17-11(9-20-14)8-18-7-6-15-12-4-2-3-5-13(12)18/h2-5,9,15H,6-8H2,1H3,(H,16,17,19). The Hall–Kier alpha value is -2.08. The number of benzene rings is 1. The van der Waals surface area contributed by atoms with Crippen molar-refractivity contribution >= 4 is 33.8 Å². The zero-order valence-electron chi connectivity index (χ0n) is 11.2. The van der Waals surface area contributed by atoms with E-state index in [1.165, 1.54) is 23.9 Å². The van der Waals surface area contributed by atoms with Crippen molar-refractivity contribution in [1.29, 1.82) is 0 Å². The van der Waals surface area contributed by atoms with Gasteiger partial charge in [-0.15, -0.1) is 11.3 Å². The molecule has 0 saturated heterocycles. The van der Waals surface area contributed by atoms with Crippen LogP contribution in [-0.4, -0.2) is 24.0 Å². The molecule has 2 aromatic rings. The number of rotatable bonds is 3. The smallest absolute Gasteiger partial charge is 0.223 e. The van der Waals surface area contributed by atoms with Gasteiger partial charge in [0.2, 0.25) is 5.91 Å². The van der Waals surface area contributed by atoms with E-state index in [-0.39, 0.29) is 5.91 Å². The van der Waals surface area contributed by atoms with Crippen LogP contribution in [0.25, 0.3) is 0 Å². The summed E-state index contributed by atoms with van der Waals surface area (Å²) in [5.74, 6) is -0.0848. The van der Waals surface area contributed by atoms with Gasteiger partial charge in [-0.05, 0) is 12.1 Å². The molecule has 0 aliphatic carbocycles. The van der Waals surface area contributed by atoms with Crippen LogP contribution in [0.15, 0.2) is 29.6 Å². The van der Waals surface area contributed by atoms with E-state index < -0.39 is 0 Å². The van der Waals surface area contributed by atoms with Gasteiger partial charge in [0.15, 0.2) is 5.13 Å². The second-order valence-electron chi connectivity index (χ2n) is 4.69. The van der Waals surface area contributed by atoms with Crippen LogP contribution in [0.4, 0.5) is 16.5 Å². The summed E-state index contributed by atoms with van der Waals surface area (Å²) in [6, 6.07) is 8.28. The summed E-state index contributed by atoms with van der Waals surface area (Å²) in [6.07, 6.45) is 0. The number of hydrogen-bond donors (Lipinski definition) is 2. The van der Waals surface area contributed by atoms with E-state index in [4.69, 9.17) is 0 Å². The Morgan fingerprint density at radius 2 is 2.35 bits per heavy atom. The minimum Gasteiger partial charge on any atom is -0.382 e. The number of thiazole rings is 1. The maximum atomic E-state index is 11.0. The number of nitrogens with one attached hydrogen (secondary N) is 2. The number of carbonyl (C=O) groups is 1. The molecule has 0 bridgehead atoms. The number of amides is 1. The Morgan fingerprint density at radius 3 is 3.20 bits per heavy atom. The maximum absolute atomic E-state index is 11.0. The molecule has 1 aliphatic rings. The molecular formula is C14H16N4OS. The normalized spacial score (nSPS) is 13.6. The van der Waals surface area contributed by atoms with Gasteiger partial charge in [0, 0.05) is 25.4 Å². The van der Waals surface area contributed by atoms with Crippen molar-refractivity contribution < 1.29 is 4.79 Å². The number of hydrogen-bond acceptors (Lipinski definition) is 5. The topological polar surface area (TPSA) is 57.3 Å². The second kappa shape index (κ2) is 5.50. The third kappa shape index (κ3) is 2.75. The molecule has 104 valence electrons. The molecule has 0 spiro atoms. The van der Waals surface area contributed by atoms with Crippen LogP contribution < -0.4 is 15.5 Å². The van der Waals surface area contributed by atoms with Gasteiger partial charge >= 0.3 is 0 Å². The molecule has 0 unspecified atom stereocenters. The number of anilines is 3. The first-order valence-electron chi connectivity index (χ1n) is 6.52. The molecule has 1 aromatic carbocycles. The molecule has 5 nitrogen and oxygen atoms in total. The van der Waals surface area contributed by atoms with Crippen molar-refractivity contribution in [3.8, 4) is 0 Å². The van der Waals surface area contributed by atoms with Gasteiger partial charge in [-0.25, -0.2) is 4.98 Å². The molecule has 1 amide bonds. The lowest BCUT2D eigenvalue weighted by molar-refractivity contribution is -0.114. The Morgan fingerprint density at radius 1 is 1.50 bits per heavy atom. The van der Waals surface area contributed by atoms with Gasteiger partial charge < -0.3 is 15.5 Å². The minimum atomic E-state index is -0.0848. The molecule has 1 aliphatic heterocycles. The lowest BCUT2D eigenvalue weighted by Crippen LogP contribution is -2.33. The van der Waals surface area contributed by atoms with E-state index in [0.717, 1.165) is 31.0 Å². The van der Waals surface area contributed by atoms with Crippen molar-refractivity contribution in [1.82, 2.24) is 4.98 Å². The van der Waals surface area contributed by atoms with Crippen molar-refractivity contribution in [2.75, 3.05) is 28.6 Å². The van der Waals surface area contributed by atoms with E-state index in [9.17, 15) is 4.79 Å². The van der Waals surface area contributed by atoms with E-state index in [1.807, 2.05) is 17.5 Å². The quantitative estimate of drug-likeness (QED) is 0.911. The van der Waals surface area contributed by atoms with Gasteiger partial charge in [0.25, 0.3) is 0 Å². The number of carbonyl (C=O) groups excluding carboxylic acids is 1. The van der Waals surface area contributed by atoms with E-state index >= 15 is 0 Å². The highest BCUT2D eigenvalue weighted by Gasteiger charge is 2.17. The summed E-state index contributed by atoms with van der Waals surface area (Å²) in [5, 5.41) is 8.77. The maximum Gasteiger partial charge on any atom is 0.223 e. The van der Waals surface area contributed by atoms with Crippen molar-refractivity contribution in [3.05, 3.63) is 35.3 Å². The lowest BCUT2D eigenvalue weighted by atomic mass is 10.2. The molecule has 2 N–H and O–H groups in total. The summed E-state index contributed by atoms with van der Waals surface area (Å²) in [4.78, 5) is 17.8. The Labute approximate surface area is 121 Å². The van der Waals surface area contributed by atoms with E-state index in [0.29, 0.717) is 5.13 Å². The van der Waals surface area contributed by atoms with Crippen LogP contribution in [0.5, 0.6) is 0 Å². The van der Waals surface area contributed by atoms with Crippen LogP contribution >= 0.6 is 11.3 Å². The lowest BCUT2D eigenvalue weighted by Gasteiger charge is -2.31. The fourth-order valence-electron chi connectivity index (χ4n) is 2.29. The molecule has 6 heteroatoms. The van der Waals surface area contributed by atoms with Crippen LogP contribution in [-0.2, 0) is 11.3 Å². The van der Waals surface area contributed by atoms with Crippen molar-refractivity contribution in [2.45, 2.75) is 13.5 Å². The van der Waals surface area contributed by atoms with E-state index in [1.54, 1.807) is 0 Å². The highest BCUT2D eigenvalue weighted by molar-refractivity contribution is 7.13. The molecule has 1 aromatic heterocycles. The largest absolute Gasteiger partial charge is 0.382 e. The molecule has 0 saturated carbocycles. The summed E-state index contributed by atoms with van der Waals surface area (Å²) in [6.45, 7) is 4.13. The Kier molecular flexibility index (Phi) is 3.56. The summed E-state index contributed by atoms with van der Waals surface area (Å²) in [7, 11) is 0. The minimum absolute atomic E-state index is 0.0848. The Balaban J connectivity index is 1.75. The number of fused-ring (bicyclic) bond motifs is 1. The highest BCUT2D eigenvalue weighted by atomic mass is 32.1. The molecule has 0 atom stereocenters. The molecule has 0 fully saturated rings. The molecule has 0 radical (unpaired) electrons. The summed E-state index contributed by atoms with van der Waals surface area (Å²) in [5.41, 5.74) is 3.35. The SMILES string of the molecule is CC(=O)Nc1nc(CN2CCNc3ccccc32)cs1. The number of aromatic nitrogens is 1. The third-order valence-electron chi connectivity index (χ3n) is 3.13. The molecule has 20 heavy (non-hydrogen) atoms. The van der Waals surface area contributed by atoms with Gasteiger partial charge in [-0.3, -0.25) is 4.79 Å². The summed E-state index contributed by atoms with van der Waals surface area (Å²) >= 11 is 1.46. The molecule has 2 heterocycles. The first-order chi connectivity index (χ1) is 9.72. The second-order valence-corrected chi connectivity index (χ2v) is 5.55. The highest BCUT2D eigenvalue weighted by Crippen LogP contribution is 2.30. The average Bonchev–Trinajstić information content (AvgIpc) is 2.86. The molecular weight excluding hydrogens is 272 g/mol. The first-order valence-corrected chi connectivity index (χ1v) is 7.40. The first kappa shape index (κ1) is 12.9. The molecule has 3 rings (SSSR count). The van der Waals surface area contributed by atoms with Crippen LogP contribution in [0.2, 0.25) is 0 Å².